The number of carbonyl (C=O) groups is 1. The Balaban J connectivity index is 1.69. The van der Waals surface area contributed by atoms with E-state index in [-0.39, 0.29) is 30.6 Å². The van der Waals surface area contributed by atoms with E-state index in [4.69, 9.17) is 22.1 Å². The van der Waals surface area contributed by atoms with Crippen LogP contribution in [0, 0.1) is 12.7 Å². The van der Waals surface area contributed by atoms with Gasteiger partial charge in [-0.1, -0.05) is 35.9 Å². The molecule has 2 N–H and O–H groups in total. The highest BCUT2D eigenvalue weighted by molar-refractivity contribution is 6.30. The Morgan fingerprint density at radius 1 is 1.12 bits per heavy atom. The molecule has 1 aromatic heterocycles. The van der Waals surface area contributed by atoms with Crippen LogP contribution in [0.5, 0.6) is 0 Å². The fourth-order valence-corrected chi connectivity index (χ4v) is 4.71. The van der Waals surface area contributed by atoms with Crippen LogP contribution in [0.15, 0.2) is 53.3 Å². The van der Waals surface area contributed by atoms with Crippen LogP contribution < -0.4 is 16.2 Å². The molecule has 2 heterocycles. The van der Waals surface area contributed by atoms with Gasteiger partial charge in [0, 0.05) is 54.4 Å². The number of aromatic nitrogens is 2. The lowest BCUT2D eigenvalue weighted by Gasteiger charge is -2.37. The van der Waals surface area contributed by atoms with E-state index >= 15 is 0 Å². The lowest BCUT2D eigenvalue weighted by atomic mass is 10.0. The van der Waals surface area contributed by atoms with E-state index in [2.05, 4.69) is 5.10 Å². The molecule has 1 aliphatic heterocycles. The molecule has 0 atom stereocenters. The first kappa shape index (κ1) is 29.3. The van der Waals surface area contributed by atoms with Crippen molar-refractivity contribution in [3.05, 3.63) is 86.4 Å². The van der Waals surface area contributed by atoms with Crippen molar-refractivity contribution < 1.29 is 13.9 Å². The number of anilines is 1. The Kier molecular flexibility index (Phi) is 8.95. The summed E-state index contributed by atoms with van der Waals surface area (Å²) in [5.41, 5.74) is 8.66. The van der Waals surface area contributed by atoms with E-state index < -0.39 is 5.60 Å². The molecule has 0 bridgehead atoms. The molecule has 1 amide bonds. The number of piperazine rings is 1. The Labute approximate surface area is 238 Å². The summed E-state index contributed by atoms with van der Waals surface area (Å²) in [6.07, 6.45) is 3.38. The number of allylic oxidation sites excluding steroid dienone is 1. The largest absolute Gasteiger partial charge is 0.444 e. The van der Waals surface area contributed by atoms with Gasteiger partial charge in [-0.2, -0.15) is 5.10 Å². The monoisotopic (exact) mass is 567 g/mol. The second kappa shape index (κ2) is 12.2. The molecule has 1 aliphatic rings. The van der Waals surface area contributed by atoms with Gasteiger partial charge >= 0.3 is 6.09 Å². The van der Waals surface area contributed by atoms with Gasteiger partial charge in [0.2, 0.25) is 0 Å². The van der Waals surface area contributed by atoms with Crippen molar-refractivity contribution in [1.29, 1.82) is 0 Å². The summed E-state index contributed by atoms with van der Waals surface area (Å²) >= 11 is 5.99. The third-order valence-corrected chi connectivity index (χ3v) is 6.87. The Morgan fingerprint density at radius 3 is 2.42 bits per heavy atom. The summed E-state index contributed by atoms with van der Waals surface area (Å²) in [4.78, 5) is 30.0. The van der Waals surface area contributed by atoms with Gasteiger partial charge in [-0.25, -0.2) is 13.9 Å². The molecule has 40 heavy (non-hydrogen) atoms. The van der Waals surface area contributed by atoms with Gasteiger partial charge in [0.05, 0.1) is 12.2 Å². The van der Waals surface area contributed by atoms with Crippen LogP contribution in [0.2, 0.25) is 5.02 Å². The normalized spacial score (nSPS) is 14.2. The molecule has 8 nitrogen and oxygen atoms in total. The van der Waals surface area contributed by atoms with Crippen molar-refractivity contribution in [2.75, 3.05) is 31.1 Å². The van der Waals surface area contributed by atoms with Crippen molar-refractivity contribution in [2.45, 2.75) is 46.4 Å². The molecular formula is C30H35ClFN5O3. The van der Waals surface area contributed by atoms with Crippen LogP contribution in [0.1, 0.15) is 37.5 Å². The van der Waals surface area contributed by atoms with Crippen molar-refractivity contribution in [1.82, 2.24) is 14.7 Å². The number of hydrogen-bond donors (Lipinski definition) is 1. The number of amides is 1. The zero-order chi connectivity index (χ0) is 29.0. The van der Waals surface area contributed by atoms with Crippen LogP contribution in [0.25, 0.3) is 17.3 Å². The highest BCUT2D eigenvalue weighted by atomic mass is 35.5. The quantitative estimate of drug-likeness (QED) is 0.438. The summed E-state index contributed by atoms with van der Waals surface area (Å²) in [6, 6.07) is 12.1. The number of halogens is 2. The van der Waals surface area contributed by atoms with Crippen LogP contribution in [0.4, 0.5) is 14.9 Å². The van der Waals surface area contributed by atoms with Crippen molar-refractivity contribution in [2.24, 2.45) is 5.73 Å². The zero-order valence-electron chi connectivity index (χ0n) is 23.3. The zero-order valence-corrected chi connectivity index (χ0v) is 24.0. The average Bonchev–Trinajstić information content (AvgIpc) is 2.91. The molecular weight excluding hydrogens is 533 g/mol. The van der Waals surface area contributed by atoms with Gasteiger partial charge in [-0.05, 0) is 63.6 Å². The SMILES string of the molecule is Cc1c(-c2ccc(F)c(CN)c2)nn(CC=Cc2ccc(Cl)cc2)c(=O)c1N1CCN(C(=O)OC(C)(C)C)CC1. The third kappa shape index (κ3) is 6.89. The first-order valence-corrected chi connectivity index (χ1v) is 13.6. The minimum atomic E-state index is -0.588. The minimum absolute atomic E-state index is 0.0433. The molecule has 212 valence electrons. The van der Waals surface area contributed by atoms with Gasteiger partial charge < -0.3 is 20.3 Å². The molecule has 4 rings (SSSR count). The maximum Gasteiger partial charge on any atom is 0.410 e. The van der Waals surface area contributed by atoms with Crippen LogP contribution in [-0.2, 0) is 17.8 Å². The summed E-state index contributed by atoms with van der Waals surface area (Å²) in [5, 5.41) is 5.33. The maximum absolute atomic E-state index is 14.2. The molecule has 1 saturated heterocycles. The van der Waals surface area contributed by atoms with E-state index in [1.54, 1.807) is 29.2 Å². The number of benzene rings is 2. The topological polar surface area (TPSA) is 93.7 Å². The van der Waals surface area contributed by atoms with Crippen LogP contribution in [0.3, 0.4) is 0 Å². The maximum atomic E-state index is 14.2. The summed E-state index contributed by atoms with van der Waals surface area (Å²) in [5.74, 6) is -0.387. The predicted molar refractivity (Wildman–Crippen MR) is 157 cm³/mol. The van der Waals surface area contributed by atoms with Crippen molar-refractivity contribution in [3.63, 3.8) is 0 Å². The highest BCUT2D eigenvalue weighted by Gasteiger charge is 2.29. The van der Waals surface area contributed by atoms with Gasteiger partial charge in [0.1, 0.15) is 17.1 Å². The Morgan fingerprint density at radius 2 is 1.80 bits per heavy atom. The molecule has 0 spiro atoms. The molecule has 0 saturated carbocycles. The van der Waals surface area contributed by atoms with Crippen LogP contribution in [-0.4, -0.2) is 52.6 Å². The molecule has 0 radical (unpaired) electrons. The Hall–Kier alpha value is -3.69. The lowest BCUT2D eigenvalue weighted by molar-refractivity contribution is 0.0240. The van der Waals surface area contributed by atoms with Crippen LogP contribution >= 0.6 is 11.6 Å². The fraction of sp³-hybridized carbons (Fsp3) is 0.367. The van der Waals surface area contributed by atoms with Gasteiger partial charge in [-0.3, -0.25) is 4.79 Å². The summed E-state index contributed by atoms with van der Waals surface area (Å²) in [7, 11) is 0. The molecule has 0 unspecified atom stereocenters. The second-order valence-corrected chi connectivity index (χ2v) is 11.2. The van der Waals surface area contributed by atoms with Crippen molar-refractivity contribution in [3.8, 4) is 11.3 Å². The number of rotatable bonds is 6. The number of hydrogen-bond acceptors (Lipinski definition) is 6. The summed E-state index contributed by atoms with van der Waals surface area (Å²) < 4.78 is 21.2. The standard InChI is InChI=1S/C30H35ClFN5O3/c1-20-26(22-9-12-25(32)23(18-22)19-33)34-37(13-5-6-21-7-10-24(31)11-8-21)28(38)27(20)35-14-16-36(17-15-35)29(39)40-30(2,3)4/h5-12,18H,13-17,19,33H2,1-4H3. The number of nitrogens with two attached hydrogens (primary N) is 1. The molecule has 0 aliphatic carbocycles. The number of carbonyl (C=O) groups excluding carboxylic acids is 1. The lowest BCUT2D eigenvalue weighted by Crippen LogP contribution is -2.51. The van der Waals surface area contributed by atoms with E-state index in [9.17, 15) is 14.0 Å². The minimum Gasteiger partial charge on any atom is -0.444 e. The first-order chi connectivity index (χ1) is 19.0. The van der Waals surface area contributed by atoms with Gasteiger partial charge in [0.25, 0.3) is 5.56 Å². The molecule has 3 aromatic rings. The molecule has 2 aromatic carbocycles. The Bertz CT molecular complexity index is 1460. The van der Waals surface area contributed by atoms with E-state index in [0.29, 0.717) is 59.3 Å². The average molecular weight is 568 g/mol. The second-order valence-electron chi connectivity index (χ2n) is 10.7. The summed E-state index contributed by atoms with van der Waals surface area (Å²) in [6.45, 7) is 9.35. The van der Waals surface area contributed by atoms with E-state index in [0.717, 1.165) is 5.56 Å². The molecule has 10 heteroatoms. The molecule has 1 fully saturated rings. The van der Waals surface area contributed by atoms with Gasteiger partial charge in [0.15, 0.2) is 0 Å². The fourth-order valence-electron chi connectivity index (χ4n) is 4.59. The third-order valence-electron chi connectivity index (χ3n) is 6.61. The van der Waals surface area contributed by atoms with Gasteiger partial charge in [-0.15, -0.1) is 0 Å². The predicted octanol–water partition coefficient (Wildman–Crippen LogP) is 5.24. The number of ether oxygens (including phenoxy) is 1. The van der Waals surface area contributed by atoms with Crippen molar-refractivity contribution >= 4 is 29.5 Å². The first-order valence-electron chi connectivity index (χ1n) is 13.2. The smallest absolute Gasteiger partial charge is 0.410 e. The number of nitrogens with zero attached hydrogens (tertiary/aromatic N) is 4. The highest BCUT2D eigenvalue weighted by Crippen LogP contribution is 2.28. The van der Waals surface area contributed by atoms with E-state index in [1.165, 1.54) is 10.7 Å². The van der Waals surface area contributed by atoms with E-state index in [1.807, 2.05) is 56.9 Å².